The summed E-state index contributed by atoms with van der Waals surface area (Å²) in [7, 11) is -0.423. The Morgan fingerprint density at radius 3 is 2.54 bits per heavy atom. The molecule has 28 heavy (non-hydrogen) atoms. The second-order valence-electron chi connectivity index (χ2n) is 8.91. The van der Waals surface area contributed by atoms with E-state index in [-0.39, 0.29) is 22.7 Å². The Kier molecular flexibility index (Phi) is 5.09. The molecule has 3 aliphatic heterocycles. The van der Waals surface area contributed by atoms with Gasteiger partial charge >= 0.3 is 7.12 Å². The number of pyridine rings is 1. The van der Waals surface area contributed by atoms with Crippen molar-refractivity contribution in [3.8, 4) is 0 Å². The van der Waals surface area contributed by atoms with Crippen molar-refractivity contribution in [1.29, 1.82) is 0 Å². The van der Waals surface area contributed by atoms with Gasteiger partial charge in [-0.3, -0.25) is 9.11 Å². The second kappa shape index (κ2) is 7.03. The second-order valence-corrected chi connectivity index (χ2v) is 9.77. The van der Waals surface area contributed by atoms with Crippen molar-refractivity contribution in [2.45, 2.75) is 44.5 Å². The quantitative estimate of drug-likeness (QED) is 0.513. The summed E-state index contributed by atoms with van der Waals surface area (Å²) < 4.78 is 40.1. The molecule has 1 aromatic rings. The molecule has 0 saturated carbocycles. The van der Waals surface area contributed by atoms with Crippen LogP contribution in [0, 0.1) is 0 Å². The minimum absolute atomic E-state index is 0.0563. The lowest BCUT2D eigenvalue weighted by atomic mass is 9.79. The molecule has 4 heterocycles. The molecule has 0 aliphatic carbocycles. The molecule has 1 spiro atoms. The molecule has 0 aromatic carbocycles. The number of morpholine rings is 1. The fourth-order valence-corrected chi connectivity index (χ4v) is 4.45. The molecule has 1 atom stereocenters. The van der Waals surface area contributed by atoms with E-state index in [0.29, 0.717) is 26.2 Å². The van der Waals surface area contributed by atoms with Gasteiger partial charge in [0.05, 0.1) is 30.2 Å². The predicted octanol–water partition coefficient (Wildman–Crippen LogP) is 0.108. The zero-order valence-corrected chi connectivity index (χ0v) is 17.7. The number of rotatable bonds is 4. The standard InChI is InChI=1S/C18H28BN3O5S/c1-16(2)17(3,4)27-19(26-16)14-5-6-20-15(9-14)22-7-8-25-18(12-22)10-21(11-18)13-28(23)24/h5-6,9H,7-8,10-13H2,1-4H3,(H,23,24)/p-1. The molecule has 10 heteroatoms. The molecule has 0 radical (unpaired) electrons. The number of nitrogens with zero attached hydrogens (tertiary/aromatic N) is 3. The highest BCUT2D eigenvalue weighted by molar-refractivity contribution is 7.79. The maximum atomic E-state index is 10.9. The third-order valence-corrected chi connectivity index (χ3v) is 6.75. The van der Waals surface area contributed by atoms with Crippen LogP contribution in [0.1, 0.15) is 27.7 Å². The largest absolute Gasteiger partial charge is 0.771 e. The van der Waals surface area contributed by atoms with Gasteiger partial charge in [0.2, 0.25) is 0 Å². The average Bonchev–Trinajstić information content (AvgIpc) is 2.81. The Balaban J connectivity index is 1.46. The van der Waals surface area contributed by atoms with Crippen molar-refractivity contribution in [1.82, 2.24) is 9.88 Å². The molecule has 4 rings (SSSR count). The summed E-state index contributed by atoms with van der Waals surface area (Å²) in [6, 6.07) is 3.95. The summed E-state index contributed by atoms with van der Waals surface area (Å²) in [4.78, 5) is 8.62. The molecule has 154 valence electrons. The number of hydrogen-bond donors (Lipinski definition) is 0. The van der Waals surface area contributed by atoms with Crippen LogP contribution in [0.2, 0.25) is 0 Å². The first-order valence-electron chi connectivity index (χ1n) is 9.58. The van der Waals surface area contributed by atoms with E-state index < -0.39 is 18.2 Å². The van der Waals surface area contributed by atoms with Crippen LogP contribution in [0.25, 0.3) is 0 Å². The number of hydrogen-bond acceptors (Lipinski definition) is 8. The number of ether oxygens (including phenoxy) is 1. The highest BCUT2D eigenvalue weighted by Crippen LogP contribution is 2.37. The third-order valence-electron chi connectivity index (χ3n) is 6.18. The van der Waals surface area contributed by atoms with E-state index >= 15 is 0 Å². The summed E-state index contributed by atoms with van der Waals surface area (Å²) >= 11 is -2.06. The molecule has 0 amide bonds. The maximum absolute atomic E-state index is 10.9. The van der Waals surface area contributed by atoms with E-state index in [1.54, 1.807) is 6.20 Å². The zero-order valence-electron chi connectivity index (χ0n) is 16.8. The van der Waals surface area contributed by atoms with E-state index in [4.69, 9.17) is 14.0 Å². The molecule has 1 unspecified atom stereocenters. The van der Waals surface area contributed by atoms with Crippen LogP contribution in [0.5, 0.6) is 0 Å². The van der Waals surface area contributed by atoms with E-state index in [1.165, 1.54) is 0 Å². The van der Waals surface area contributed by atoms with Crippen LogP contribution < -0.4 is 10.4 Å². The molecule has 0 N–H and O–H groups in total. The van der Waals surface area contributed by atoms with Gasteiger partial charge in [-0.1, -0.05) is 0 Å². The van der Waals surface area contributed by atoms with E-state index in [2.05, 4.69) is 9.88 Å². The molecule has 1 aromatic heterocycles. The van der Waals surface area contributed by atoms with Gasteiger partial charge < -0.3 is 23.5 Å². The molecular weight excluding hydrogens is 381 g/mol. The molecule has 3 saturated heterocycles. The Labute approximate surface area is 169 Å². The molecule has 8 nitrogen and oxygen atoms in total. The third kappa shape index (κ3) is 3.73. The predicted molar refractivity (Wildman–Crippen MR) is 106 cm³/mol. The van der Waals surface area contributed by atoms with Crippen LogP contribution in [-0.2, 0) is 25.1 Å². The van der Waals surface area contributed by atoms with Crippen molar-refractivity contribution >= 4 is 29.5 Å². The van der Waals surface area contributed by atoms with E-state index in [1.807, 2.05) is 44.7 Å². The summed E-state index contributed by atoms with van der Waals surface area (Å²) in [5, 5.41) is 0. The molecular formula is C18H27BN3O5S-. The monoisotopic (exact) mass is 408 g/mol. The van der Waals surface area contributed by atoms with Crippen LogP contribution in [0.15, 0.2) is 18.3 Å². The van der Waals surface area contributed by atoms with Gasteiger partial charge in [-0.05, 0) is 56.4 Å². The Hall–Kier alpha value is -1.04. The van der Waals surface area contributed by atoms with Crippen LogP contribution in [0.4, 0.5) is 5.82 Å². The highest BCUT2D eigenvalue weighted by Gasteiger charge is 2.52. The van der Waals surface area contributed by atoms with Crippen LogP contribution >= 0.6 is 0 Å². The number of aromatic nitrogens is 1. The van der Waals surface area contributed by atoms with Gasteiger partial charge in [-0.25, -0.2) is 4.98 Å². The molecule has 3 fully saturated rings. The normalized spacial score (nSPS) is 27.0. The first kappa shape index (κ1) is 20.2. The minimum atomic E-state index is -2.06. The zero-order chi connectivity index (χ0) is 20.2. The number of anilines is 1. The van der Waals surface area contributed by atoms with Crippen molar-refractivity contribution in [2.75, 3.05) is 43.6 Å². The van der Waals surface area contributed by atoms with Gasteiger partial charge in [-0.15, -0.1) is 0 Å². The summed E-state index contributed by atoms with van der Waals surface area (Å²) in [5.74, 6) is 0.918. The smallest absolute Gasteiger partial charge is 0.495 e. The summed E-state index contributed by atoms with van der Waals surface area (Å²) in [6.45, 7) is 11.4. The van der Waals surface area contributed by atoms with Crippen molar-refractivity contribution in [2.24, 2.45) is 0 Å². The fourth-order valence-electron chi connectivity index (χ4n) is 3.97. The summed E-state index contributed by atoms with van der Waals surface area (Å²) in [6.07, 6.45) is 1.78. The van der Waals surface area contributed by atoms with Gasteiger partial charge in [-0.2, -0.15) is 0 Å². The van der Waals surface area contributed by atoms with Gasteiger partial charge in [0, 0.05) is 25.8 Å². The van der Waals surface area contributed by atoms with Gasteiger partial charge in [0.15, 0.2) is 0 Å². The SMILES string of the molecule is CC1(C)OB(c2ccnc(N3CCOC4(CN(CS(=O)[O-])C4)C3)c2)OC1(C)C. The first-order chi connectivity index (χ1) is 13.1. The fraction of sp³-hybridized carbons (Fsp3) is 0.722. The van der Waals surface area contributed by atoms with Crippen LogP contribution in [-0.4, -0.2) is 81.2 Å². The van der Waals surface area contributed by atoms with Crippen LogP contribution in [0.3, 0.4) is 0 Å². The highest BCUT2D eigenvalue weighted by atomic mass is 32.2. The Morgan fingerprint density at radius 1 is 1.21 bits per heavy atom. The number of likely N-dealkylation sites (tertiary alicyclic amines) is 1. The van der Waals surface area contributed by atoms with Crippen molar-refractivity contribution < 1.29 is 22.8 Å². The van der Waals surface area contributed by atoms with Gasteiger partial charge in [0.1, 0.15) is 11.4 Å². The van der Waals surface area contributed by atoms with E-state index in [9.17, 15) is 8.76 Å². The van der Waals surface area contributed by atoms with Crippen molar-refractivity contribution in [3.05, 3.63) is 18.3 Å². The van der Waals surface area contributed by atoms with Crippen molar-refractivity contribution in [3.63, 3.8) is 0 Å². The topological polar surface area (TPSA) is 87.2 Å². The lowest BCUT2D eigenvalue weighted by molar-refractivity contribution is -0.143. The lowest BCUT2D eigenvalue weighted by Crippen LogP contribution is -2.70. The van der Waals surface area contributed by atoms with Gasteiger partial charge in [0.25, 0.3) is 0 Å². The maximum Gasteiger partial charge on any atom is 0.495 e. The average molecular weight is 408 g/mol. The first-order valence-corrected chi connectivity index (χ1v) is 10.8. The molecule has 0 bridgehead atoms. The molecule has 3 aliphatic rings. The Bertz CT molecular complexity index is 755. The van der Waals surface area contributed by atoms with E-state index in [0.717, 1.165) is 17.8 Å². The summed E-state index contributed by atoms with van der Waals surface area (Å²) in [5.41, 5.74) is -0.150. The lowest BCUT2D eigenvalue weighted by Gasteiger charge is -2.54. The Morgan fingerprint density at radius 2 is 1.89 bits per heavy atom. The minimum Gasteiger partial charge on any atom is -0.771 e.